The van der Waals surface area contributed by atoms with Gasteiger partial charge in [-0.3, -0.25) is 4.79 Å². The minimum absolute atomic E-state index is 0.123. The van der Waals surface area contributed by atoms with Crippen molar-refractivity contribution < 1.29 is 9.53 Å². The van der Waals surface area contributed by atoms with Crippen LogP contribution in [-0.2, 0) is 22.6 Å². The Morgan fingerprint density at radius 2 is 2.41 bits per heavy atom. The summed E-state index contributed by atoms with van der Waals surface area (Å²) in [6, 6.07) is 5.96. The van der Waals surface area contributed by atoms with Gasteiger partial charge in [-0.1, -0.05) is 18.2 Å². The van der Waals surface area contributed by atoms with Gasteiger partial charge in [0.25, 0.3) is 0 Å². The van der Waals surface area contributed by atoms with Gasteiger partial charge in [0.05, 0.1) is 6.61 Å². The van der Waals surface area contributed by atoms with Gasteiger partial charge >= 0.3 is 0 Å². The fraction of sp³-hybridized carbons (Fsp3) is 0.308. The maximum absolute atomic E-state index is 11.6. The van der Waals surface area contributed by atoms with Crippen LogP contribution in [0.4, 0.5) is 5.69 Å². The van der Waals surface area contributed by atoms with E-state index < -0.39 is 0 Å². The van der Waals surface area contributed by atoms with Crippen molar-refractivity contribution in [3.63, 3.8) is 0 Å². The maximum atomic E-state index is 11.6. The average Bonchev–Trinajstić information content (AvgIpc) is 2.78. The topological polar surface area (TPSA) is 50.4 Å². The first-order valence-electron chi connectivity index (χ1n) is 5.59. The molecule has 1 amide bonds. The molecule has 4 nitrogen and oxygen atoms in total. The molecule has 0 atom stereocenters. The molecule has 1 aromatic carbocycles. The Bertz CT molecular complexity index is 441. The fourth-order valence-corrected chi connectivity index (χ4v) is 1.87. The fourth-order valence-electron chi connectivity index (χ4n) is 1.87. The number of rotatable bonds is 4. The molecule has 90 valence electrons. The zero-order valence-electron chi connectivity index (χ0n) is 9.82. The predicted octanol–water partition coefficient (Wildman–Crippen LogP) is 1.43. The number of carbonyl (C=O) groups excluding carboxylic acids is 1. The summed E-state index contributed by atoms with van der Waals surface area (Å²) < 4.78 is 4.84. The molecule has 0 fully saturated rings. The molecule has 1 aliphatic heterocycles. The molecule has 17 heavy (non-hydrogen) atoms. The van der Waals surface area contributed by atoms with Crippen LogP contribution in [0.2, 0.25) is 0 Å². The zero-order chi connectivity index (χ0) is 12.1. The van der Waals surface area contributed by atoms with Crippen molar-refractivity contribution in [1.82, 2.24) is 5.32 Å². The molecule has 0 unspecified atom stereocenters. The number of ether oxygens (including phenoxy) is 1. The first kappa shape index (κ1) is 11.8. The van der Waals surface area contributed by atoms with Gasteiger partial charge < -0.3 is 15.4 Å². The van der Waals surface area contributed by atoms with Crippen molar-refractivity contribution in [2.75, 3.05) is 19.0 Å². The van der Waals surface area contributed by atoms with Crippen LogP contribution in [0.1, 0.15) is 11.1 Å². The monoisotopic (exact) mass is 232 g/mol. The summed E-state index contributed by atoms with van der Waals surface area (Å²) in [5.41, 5.74) is 3.32. The standard InChI is InChI=1S/C13H16N2O2/c1-17-7-3-6-13(16)15-12-5-2-4-10-8-14-9-11(10)12/h2-6,14H,7-9H2,1H3,(H,15,16)/b6-3+. The summed E-state index contributed by atoms with van der Waals surface area (Å²) in [7, 11) is 1.60. The van der Waals surface area contributed by atoms with E-state index in [1.165, 1.54) is 17.2 Å². The predicted molar refractivity (Wildman–Crippen MR) is 66.6 cm³/mol. The molecule has 2 rings (SSSR count). The number of nitrogens with one attached hydrogen (secondary N) is 2. The summed E-state index contributed by atoms with van der Waals surface area (Å²) in [6.45, 7) is 2.13. The number of methoxy groups -OCH3 is 1. The van der Waals surface area contributed by atoms with E-state index in [1.807, 2.05) is 12.1 Å². The van der Waals surface area contributed by atoms with Crippen LogP contribution in [0.5, 0.6) is 0 Å². The number of hydrogen-bond donors (Lipinski definition) is 2. The van der Waals surface area contributed by atoms with Crippen LogP contribution in [0.3, 0.4) is 0 Å². The highest BCUT2D eigenvalue weighted by Crippen LogP contribution is 2.23. The van der Waals surface area contributed by atoms with Crippen molar-refractivity contribution >= 4 is 11.6 Å². The Morgan fingerprint density at radius 3 is 3.24 bits per heavy atom. The minimum Gasteiger partial charge on any atom is -0.381 e. The van der Waals surface area contributed by atoms with E-state index in [4.69, 9.17) is 4.74 Å². The third-order valence-electron chi connectivity index (χ3n) is 2.68. The van der Waals surface area contributed by atoms with Crippen LogP contribution in [-0.4, -0.2) is 19.6 Å². The molecular weight excluding hydrogens is 216 g/mol. The van der Waals surface area contributed by atoms with Crippen molar-refractivity contribution in [2.45, 2.75) is 13.1 Å². The van der Waals surface area contributed by atoms with Gasteiger partial charge in [-0.15, -0.1) is 0 Å². The molecule has 0 saturated heterocycles. The average molecular weight is 232 g/mol. The van der Waals surface area contributed by atoms with Crippen molar-refractivity contribution in [3.8, 4) is 0 Å². The van der Waals surface area contributed by atoms with Crippen molar-refractivity contribution in [1.29, 1.82) is 0 Å². The third-order valence-corrected chi connectivity index (χ3v) is 2.68. The van der Waals surface area contributed by atoms with Crippen LogP contribution < -0.4 is 10.6 Å². The molecular formula is C13H16N2O2. The first-order valence-corrected chi connectivity index (χ1v) is 5.59. The van der Waals surface area contributed by atoms with Gasteiger partial charge in [-0.2, -0.15) is 0 Å². The Labute approximate surface area is 101 Å². The number of fused-ring (bicyclic) bond motifs is 1. The summed E-state index contributed by atoms with van der Waals surface area (Å²) >= 11 is 0. The Morgan fingerprint density at radius 1 is 1.53 bits per heavy atom. The summed E-state index contributed by atoms with van der Waals surface area (Å²) in [5, 5.41) is 6.14. The SMILES string of the molecule is COC/C=C/C(=O)Nc1cccc2c1CNC2. The van der Waals surface area contributed by atoms with E-state index in [9.17, 15) is 4.79 Å². The van der Waals surface area contributed by atoms with Gasteiger partial charge in [0.1, 0.15) is 0 Å². The molecule has 4 heteroatoms. The summed E-state index contributed by atoms with van der Waals surface area (Å²) in [6.07, 6.45) is 3.18. The molecule has 0 aliphatic carbocycles. The second kappa shape index (κ2) is 5.61. The second-order valence-electron chi connectivity index (χ2n) is 3.89. The Balaban J connectivity index is 2.04. The lowest BCUT2D eigenvalue weighted by Crippen LogP contribution is -2.10. The van der Waals surface area contributed by atoms with Crippen LogP contribution in [0.15, 0.2) is 30.4 Å². The molecule has 0 aromatic heterocycles. The normalized spacial score (nSPS) is 13.9. The first-order chi connectivity index (χ1) is 8.31. The third kappa shape index (κ3) is 2.93. The van der Waals surface area contributed by atoms with Gasteiger partial charge in [-0.05, 0) is 17.2 Å². The van der Waals surface area contributed by atoms with Gasteiger partial charge in [0.15, 0.2) is 0 Å². The van der Waals surface area contributed by atoms with Crippen LogP contribution in [0, 0.1) is 0 Å². The Kier molecular flexibility index (Phi) is 3.90. The lowest BCUT2D eigenvalue weighted by atomic mass is 10.1. The van der Waals surface area contributed by atoms with Gasteiger partial charge in [-0.25, -0.2) is 0 Å². The Hall–Kier alpha value is -1.65. The molecule has 2 N–H and O–H groups in total. The number of benzene rings is 1. The lowest BCUT2D eigenvalue weighted by molar-refractivity contribution is -0.111. The molecule has 0 radical (unpaired) electrons. The van der Waals surface area contributed by atoms with E-state index in [1.54, 1.807) is 13.2 Å². The molecule has 1 heterocycles. The van der Waals surface area contributed by atoms with Gasteiger partial charge in [0, 0.05) is 32.0 Å². The number of hydrogen-bond acceptors (Lipinski definition) is 3. The molecule has 1 aromatic rings. The van der Waals surface area contributed by atoms with E-state index in [0.717, 1.165) is 18.8 Å². The van der Waals surface area contributed by atoms with Gasteiger partial charge in [0.2, 0.25) is 5.91 Å². The molecule has 1 aliphatic rings. The van der Waals surface area contributed by atoms with Crippen LogP contribution >= 0.6 is 0 Å². The highest BCUT2D eigenvalue weighted by molar-refractivity contribution is 5.99. The zero-order valence-corrected chi connectivity index (χ0v) is 9.82. The highest BCUT2D eigenvalue weighted by atomic mass is 16.5. The second-order valence-corrected chi connectivity index (χ2v) is 3.89. The summed E-state index contributed by atoms with van der Waals surface area (Å²) in [5.74, 6) is -0.123. The maximum Gasteiger partial charge on any atom is 0.248 e. The molecule has 0 spiro atoms. The smallest absolute Gasteiger partial charge is 0.248 e. The van der Waals surface area contributed by atoms with Crippen molar-refractivity contribution in [2.24, 2.45) is 0 Å². The van der Waals surface area contributed by atoms with E-state index in [2.05, 4.69) is 16.7 Å². The largest absolute Gasteiger partial charge is 0.381 e. The molecule has 0 saturated carbocycles. The van der Waals surface area contributed by atoms with E-state index in [0.29, 0.717) is 6.61 Å². The molecule has 0 bridgehead atoms. The minimum atomic E-state index is -0.123. The van der Waals surface area contributed by atoms with Crippen LogP contribution in [0.25, 0.3) is 0 Å². The quantitative estimate of drug-likeness (QED) is 0.772. The van der Waals surface area contributed by atoms with Crippen molar-refractivity contribution in [3.05, 3.63) is 41.5 Å². The number of anilines is 1. The summed E-state index contributed by atoms with van der Waals surface area (Å²) in [4.78, 5) is 11.6. The highest BCUT2D eigenvalue weighted by Gasteiger charge is 2.14. The number of carbonyl (C=O) groups is 1. The van der Waals surface area contributed by atoms with E-state index >= 15 is 0 Å². The lowest BCUT2D eigenvalue weighted by Gasteiger charge is -2.07. The number of amides is 1. The van der Waals surface area contributed by atoms with E-state index in [-0.39, 0.29) is 5.91 Å².